The van der Waals surface area contributed by atoms with E-state index in [-0.39, 0.29) is 17.2 Å². The molecule has 0 aliphatic heterocycles. The molecular weight excluding hydrogens is 255 g/mol. The van der Waals surface area contributed by atoms with Crippen LogP contribution in [0.1, 0.15) is 37.0 Å². The van der Waals surface area contributed by atoms with Crippen molar-refractivity contribution in [1.29, 1.82) is 0 Å². The molecule has 0 aliphatic carbocycles. The molecule has 0 radical (unpaired) electrons. The summed E-state index contributed by atoms with van der Waals surface area (Å²) in [6.45, 7) is 3.89. The summed E-state index contributed by atoms with van der Waals surface area (Å²) < 4.78 is 19.0. The second kappa shape index (κ2) is 5.71. The predicted molar refractivity (Wildman–Crippen MR) is 78.6 cm³/mol. The second-order valence-electron chi connectivity index (χ2n) is 5.53. The van der Waals surface area contributed by atoms with Gasteiger partial charge in [-0.1, -0.05) is 24.3 Å². The molecule has 0 unspecified atom stereocenters. The van der Waals surface area contributed by atoms with Gasteiger partial charge in [-0.15, -0.1) is 0 Å². The number of fused-ring (bicyclic) bond motifs is 1. The van der Waals surface area contributed by atoms with E-state index in [0.29, 0.717) is 29.2 Å². The van der Waals surface area contributed by atoms with Gasteiger partial charge in [-0.05, 0) is 37.8 Å². The summed E-state index contributed by atoms with van der Waals surface area (Å²) in [6.07, 6.45) is 1.02. The van der Waals surface area contributed by atoms with Crippen molar-refractivity contribution < 1.29 is 13.9 Å². The lowest BCUT2D eigenvalue weighted by molar-refractivity contribution is 0.0142. The first kappa shape index (κ1) is 14.7. The van der Waals surface area contributed by atoms with E-state index in [9.17, 15) is 9.18 Å². The van der Waals surface area contributed by atoms with Crippen LogP contribution in [-0.2, 0) is 4.74 Å². The van der Waals surface area contributed by atoms with Gasteiger partial charge < -0.3 is 4.74 Å². The molecule has 0 atom stereocenters. The van der Waals surface area contributed by atoms with Gasteiger partial charge in [0.05, 0.1) is 5.60 Å². The Hall–Kier alpha value is -1.74. The lowest BCUT2D eigenvalue weighted by Gasteiger charge is -2.22. The van der Waals surface area contributed by atoms with Gasteiger partial charge in [0.25, 0.3) is 0 Å². The Kier molecular flexibility index (Phi) is 4.19. The summed E-state index contributed by atoms with van der Waals surface area (Å²) in [5, 5.41) is 1.16. The van der Waals surface area contributed by atoms with Crippen LogP contribution >= 0.6 is 0 Å². The van der Waals surface area contributed by atoms with E-state index in [2.05, 4.69) is 0 Å². The van der Waals surface area contributed by atoms with Crippen LogP contribution in [0.15, 0.2) is 36.4 Å². The largest absolute Gasteiger partial charge is 0.379 e. The van der Waals surface area contributed by atoms with E-state index in [1.807, 2.05) is 19.9 Å². The lowest BCUT2D eigenvalue weighted by atomic mass is 9.94. The minimum Gasteiger partial charge on any atom is -0.379 e. The van der Waals surface area contributed by atoms with Crippen LogP contribution in [0.2, 0.25) is 0 Å². The molecule has 0 heterocycles. The molecule has 106 valence electrons. The monoisotopic (exact) mass is 274 g/mol. The fraction of sp³-hybridized carbons (Fsp3) is 0.353. The minimum atomic E-state index is -0.328. The maximum atomic E-state index is 13.7. The summed E-state index contributed by atoms with van der Waals surface area (Å²) in [7, 11) is 1.64. The van der Waals surface area contributed by atoms with Crippen molar-refractivity contribution in [1.82, 2.24) is 0 Å². The molecule has 0 amide bonds. The number of methoxy groups -OCH3 is 1. The van der Waals surface area contributed by atoms with Crippen LogP contribution in [0.4, 0.5) is 4.39 Å². The Balaban J connectivity index is 2.29. The van der Waals surface area contributed by atoms with Crippen LogP contribution in [0, 0.1) is 5.82 Å². The van der Waals surface area contributed by atoms with Crippen LogP contribution in [0.25, 0.3) is 10.8 Å². The molecule has 0 spiro atoms. The maximum Gasteiger partial charge on any atom is 0.163 e. The van der Waals surface area contributed by atoms with E-state index in [0.717, 1.165) is 0 Å². The number of carbonyl (C=O) groups excluding carboxylic acids is 1. The highest BCUT2D eigenvalue weighted by Crippen LogP contribution is 2.24. The van der Waals surface area contributed by atoms with Gasteiger partial charge in [0, 0.05) is 24.5 Å². The summed E-state index contributed by atoms with van der Waals surface area (Å²) in [4.78, 5) is 12.4. The van der Waals surface area contributed by atoms with Gasteiger partial charge >= 0.3 is 0 Å². The number of ether oxygens (including phenoxy) is 1. The molecule has 0 saturated carbocycles. The Bertz CT molecular complexity index is 632. The summed E-state index contributed by atoms with van der Waals surface area (Å²) in [5.41, 5.74) is 0.250. The average Bonchev–Trinajstić information content (AvgIpc) is 2.46. The van der Waals surface area contributed by atoms with E-state index in [1.54, 1.807) is 31.4 Å². The molecule has 20 heavy (non-hydrogen) atoms. The second-order valence-corrected chi connectivity index (χ2v) is 5.53. The highest BCUT2D eigenvalue weighted by molar-refractivity contribution is 6.08. The highest BCUT2D eigenvalue weighted by Gasteiger charge is 2.20. The molecule has 2 rings (SSSR count). The van der Waals surface area contributed by atoms with E-state index < -0.39 is 0 Å². The summed E-state index contributed by atoms with van der Waals surface area (Å²) in [6, 6.07) is 10.00. The average molecular weight is 274 g/mol. The Morgan fingerprint density at radius 1 is 1.15 bits per heavy atom. The molecule has 0 bridgehead atoms. The zero-order valence-electron chi connectivity index (χ0n) is 12.1. The quantitative estimate of drug-likeness (QED) is 0.757. The number of rotatable bonds is 5. The molecule has 2 aromatic rings. The molecule has 3 heteroatoms. The number of Topliss-reactive ketones (excluding diaryl/α,β-unsaturated/α-hetero) is 1. The molecular formula is C17H19FO2. The van der Waals surface area contributed by atoms with Crippen LogP contribution in [0.5, 0.6) is 0 Å². The lowest BCUT2D eigenvalue weighted by Crippen LogP contribution is -2.23. The Labute approximate surface area is 118 Å². The van der Waals surface area contributed by atoms with E-state index >= 15 is 0 Å². The van der Waals surface area contributed by atoms with Crippen LogP contribution < -0.4 is 0 Å². The molecule has 0 fully saturated rings. The zero-order chi connectivity index (χ0) is 14.8. The van der Waals surface area contributed by atoms with Crippen molar-refractivity contribution >= 4 is 16.6 Å². The fourth-order valence-electron chi connectivity index (χ4n) is 2.16. The van der Waals surface area contributed by atoms with Crippen molar-refractivity contribution in [2.24, 2.45) is 0 Å². The third-order valence-electron chi connectivity index (χ3n) is 3.68. The molecule has 0 N–H and O–H groups in total. The number of carbonyl (C=O) groups is 1. The van der Waals surface area contributed by atoms with Crippen molar-refractivity contribution in [3.63, 3.8) is 0 Å². The molecule has 0 saturated heterocycles. The number of halogens is 1. The number of ketones is 1. The molecule has 2 nitrogen and oxygen atoms in total. The predicted octanol–water partition coefficient (Wildman–Crippen LogP) is 4.37. The first-order valence-electron chi connectivity index (χ1n) is 6.70. The molecule has 2 aromatic carbocycles. The van der Waals surface area contributed by atoms with Gasteiger partial charge in [-0.2, -0.15) is 0 Å². The normalized spacial score (nSPS) is 11.8. The summed E-state index contributed by atoms with van der Waals surface area (Å²) >= 11 is 0. The Morgan fingerprint density at radius 2 is 1.80 bits per heavy atom. The topological polar surface area (TPSA) is 26.3 Å². The fourth-order valence-corrected chi connectivity index (χ4v) is 2.16. The third kappa shape index (κ3) is 3.05. The maximum absolute atomic E-state index is 13.7. The van der Waals surface area contributed by atoms with Gasteiger partial charge in [0.2, 0.25) is 0 Å². The SMILES string of the molecule is COC(C)(C)CCC(=O)c1ccc(F)c2ccccc12. The standard InChI is InChI=1S/C17H19FO2/c1-17(2,20-3)11-10-16(19)14-8-9-15(18)13-7-5-4-6-12(13)14/h4-9H,10-11H2,1-3H3. The molecule has 0 aromatic heterocycles. The first-order chi connectivity index (χ1) is 9.44. The minimum absolute atomic E-state index is 0.0197. The van der Waals surface area contributed by atoms with Crippen LogP contribution in [-0.4, -0.2) is 18.5 Å². The zero-order valence-corrected chi connectivity index (χ0v) is 12.1. The van der Waals surface area contributed by atoms with Crippen LogP contribution in [0.3, 0.4) is 0 Å². The number of hydrogen-bond donors (Lipinski definition) is 0. The highest BCUT2D eigenvalue weighted by atomic mass is 19.1. The van der Waals surface area contributed by atoms with Gasteiger partial charge in [-0.25, -0.2) is 4.39 Å². The van der Waals surface area contributed by atoms with E-state index in [4.69, 9.17) is 4.74 Å². The van der Waals surface area contributed by atoms with E-state index in [1.165, 1.54) is 6.07 Å². The molecule has 0 aliphatic rings. The summed E-state index contributed by atoms with van der Waals surface area (Å²) in [5.74, 6) is -0.277. The van der Waals surface area contributed by atoms with Crippen molar-refractivity contribution in [2.75, 3.05) is 7.11 Å². The van der Waals surface area contributed by atoms with Crippen molar-refractivity contribution in [2.45, 2.75) is 32.3 Å². The number of benzene rings is 2. The first-order valence-corrected chi connectivity index (χ1v) is 6.70. The van der Waals surface area contributed by atoms with Gasteiger partial charge in [0.15, 0.2) is 5.78 Å². The van der Waals surface area contributed by atoms with Gasteiger partial charge in [-0.3, -0.25) is 4.79 Å². The third-order valence-corrected chi connectivity index (χ3v) is 3.68. The number of hydrogen-bond acceptors (Lipinski definition) is 2. The Morgan fingerprint density at radius 3 is 2.45 bits per heavy atom. The smallest absolute Gasteiger partial charge is 0.163 e. The van der Waals surface area contributed by atoms with Crippen molar-refractivity contribution in [3.8, 4) is 0 Å². The van der Waals surface area contributed by atoms with Crippen molar-refractivity contribution in [3.05, 3.63) is 47.8 Å². The van der Waals surface area contributed by atoms with Gasteiger partial charge in [0.1, 0.15) is 5.82 Å².